The summed E-state index contributed by atoms with van der Waals surface area (Å²) in [4.78, 5) is 0. The van der Waals surface area contributed by atoms with E-state index in [2.05, 4.69) is 0 Å². The zero-order chi connectivity index (χ0) is 26.2. The van der Waals surface area contributed by atoms with Gasteiger partial charge < -0.3 is 49.6 Å². The largest absolute Gasteiger partial charge is 0.504 e. The molecule has 1 aliphatic rings. The lowest BCUT2D eigenvalue weighted by Crippen LogP contribution is -2.51. The number of phenols is 1. The molecule has 0 amide bonds. The van der Waals surface area contributed by atoms with E-state index in [-0.39, 0.29) is 43.5 Å². The zero-order valence-electron chi connectivity index (χ0n) is 20.3. The number of benzene rings is 2. The van der Waals surface area contributed by atoms with Gasteiger partial charge in [0.1, 0.15) is 6.10 Å². The molecule has 1 aliphatic heterocycles. The van der Waals surface area contributed by atoms with Gasteiger partial charge in [0.15, 0.2) is 23.0 Å². The average molecular weight is 507 g/mol. The summed E-state index contributed by atoms with van der Waals surface area (Å²) in [5.74, 6) is 0.233. The molecule has 0 bridgehead atoms. The summed E-state index contributed by atoms with van der Waals surface area (Å²) in [6.07, 6.45) is -0.963. The van der Waals surface area contributed by atoms with Crippen LogP contribution in [0.3, 0.4) is 0 Å². The Morgan fingerprint density at radius 2 is 1.81 bits per heavy atom. The van der Waals surface area contributed by atoms with E-state index in [9.17, 15) is 30.6 Å². The maximum atomic E-state index is 10.5. The first kappa shape index (κ1) is 27.7. The van der Waals surface area contributed by atoms with Gasteiger partial charge in [-0.1, -0.05) is 18.2 Å². The lowest BCUT2D eigenvalue weighted by atomic mass is 9.90. The number of ether oxygens (including phenoxy) is 4. The second-order valence-corrected chi connectivity index (χ2v) is 8.54. The maximum Gasteiger partial charge on any atom is 0.229 e. The highest BCUT2D eigenvalue weighted by molar-refractivity contribution is 5.60. The molecule has 10 nitrogen and oxygen atoms in total. The minimum atomic E-state index is -1.38. The Balaban J connectivity index is 2.05. The number of hydrogen-bond acceptors (Lipinski definition) is 10. The van der Waals surface area contributed by atoms with E-state index >= 15 is 0 Å². The van der Waals surface area contributed by atoms with Gasteiger partial charge in [-0.15, -0.1) is 0 Å². The number of rotatable bonds is 11. The Kier molecular flexibility index (Phi) is 9.94. The van der Waals surface area contributed by atoms with Crippen LogP contribution in [0.2, 0.25) is 0 Å². The van der Waals surface area contributed by atoms with E-state index in [0.29, 0.717) is 23.3 Å². The summed E-state index contributed by atoms with van der Waals surface area (Å²) >= 11 is 0. The molecule has 1 heterocycles. The van der Waals surface area contributed by atoms with E-state index in [4.69, 9.17) is 18.9 Å². The maximum absolute atomic E-state index is 10.5. The number of hydrogen-bond donors (Lipinski definition) is 6. The molecule has 1 fully saturated rings. The van der Waals surface area contributed by atoms with Gasteiger partial charge in [0, 0.05) is 17.9 Å². The normalized spacial score (nSPS) is 23.0. The van der Waals surface area contributed by atoms with Gasteiger partial charge in [-0.2, -0.15) is 0 Å². The van der Waals surface area contributed by atoms with Gasteiger partial charge in [-0.05, 0) is 41.8 Å². The van der Waals surface area contributed by atoms with Crippen molar-refractivity contribution in [3.05, 3.63) is 53.1 Å². The van der Waals surface area contributed by atoms with Crippen LogP contribution >= 0.6 is 0 Å². The lowest BCUT2D eigenvalue weighted by Gasteiger charge is -2.37. The molecule has 2 aromatic rings. The van der Waals surface area contributed by atoms with E-state index < -0.39 is 30.5 Å². The van der Waals surface area contributed by atoms with Crippen molar-refractivity contribution in [3.8, 4) is 23.0 Å². The SMILES string of the molecule is COc1cc(CC(CO)c2cc(/C=C/CO)cc(OC)c2O[C@@H]2O[C@H](CO)C[C@H](O)[C@H]2O)ccc1O. The monoisotopic (exact) mass is 506 g/mol. The molecule has 0 spiro atoms. The molecule has 6 N–H and O–H groups in total. The minimum absolute atomic E-state index is 0.0101. The van der Waals surface area contributed by atoms with Crippen LogP contribution in [0.5, 0.6) is 23.0 Å². The fourth-order valence-electron chi connectivity index (χ4n) is 4.17. The van der Waals surface area contributed by atoms with Gasteiger partial charge in [0.2, 0.25) is 6.29 Å². The number of methoxy groups -OCH3 is 2. The fraction of sp³-hybridized carbons (Fsp3) is 0.462. The second kappa shape index (κ2) is 12.9. The van der Waals surface area contributed by atoms with Gasteiger partial charge in [0.05, 0.1) is 46.2 Å². The topological polar surface area (TPSA) is 158 Å². The average Bonchev–Trinajstić information content (AvgIpc) is 2.89. The number of aromatic hydroxyl groups is 1. The van der Waals surface area contributed by atoms with Crippen LogP contribution in [0.15, 0.2) is 36.4 Å². The molecule has 36 heavy (non-hydrogen) atoms. The van der Waals surface area contributed by atoms with E-state index in [1.165, 1.54) is 20.3 Å². The summed E-state index contributed by atoms with van der Waals surface area (Å²) in [5.41, 5.74) is 1.97. The van der Waals surface area contributed by atoms with E-state index in [1.54, 1.807) is 36.4 Å². The molecule has 198 valence electrons. The summed E-state index contributed by atoms with van der Waals surface area (Å²) in [5, 5.41) is 59.8. The number of aliphatic hydroxyl groups excluding tert-OH is 5. The molecule has 2 aromatic carbocycles. The van der Waals surface area contributed by atoms with Crippen LogP contribution in [0.25, 0.3) is 6.08 Å². The van der Waals surface area contributed by atoms with Crippen molar-refractivity contribution < 1.29 is 49.6 Å². The van der Waals surface area contributed by atoms with Crippen molar-refractivity contribution in [1.82, 2.24) is 0 Å². The molecular weight excluding hydrogens is 472 g/mol. The van der Waals surface area contributed by atoms with Crippen LogP contribution in [0.1, 0.15) is 29.0 Å². The van der Waals surface area contributed by atoms with Crippen molar-refractivity contribution in [1.29, 1.82) is 0 Å². The Bertz CT molecular complexity index is 1020. The first-order valence-corrected chi connectivity index (χ1v) is 11.6. The molecule has 0 aromatic heterocycles. The summed E-state index contributed by atoms with van der Waals surface area (Å²) in [6, 6.07) is 8.31. The first-order valence-electron chi connectivity index (χ1n) is 11.6. The third-order valence-corrected chi connectivity index (χ3v) is 6.07. The molecule has 0 radical (unpaired) electrons. The predicted octanol–water partition coefficient (Wildman–Crippen LogP) is 0.941. The Hall–Kier alpha value is -2.86. The predicted molar refractivity (Wildman–Crippen MR) is 130 cm³/mol. The fourth-order valence-corrected chi connectivity index (χ4v) is 4.17. The third-order valence-electron chi connectivity index (χ3n) is 6.07. The first-order chi connectivity index (χ1) is 17.3. The molecule has 1 saturated heterocycles. The quantitative estimate of drug-likeness (QED) is 0.259. The standard InChI is InChI=1S/C26H34O10/c1-33-22-10-16(5-6-20(22)30)8-17(13-28)19-9-15(4-3-7-27)11-23(34-2)25(19)36-26-24(32)21(31)12-18(14-29)35-26/h3-6,9-11,17-18,21,24,26-32H,7-8,12-14H2,1-2H3/b4-3+/t17?,18-,21-,24+,26-/m0/s1. The van der Waals surface area contributed by atoms with E-state index in [0.717, 1.165) is 5.56 Å². The van der Waals surface area contributed by atoms with Crippen LogP contribution in [-0.4, -0.2) is 89.3 Å². The highest BCUT2D eigenvalue weighted by Gasteiger charge is 2.39. The smallest absolute Gasteiger partial charge is 0.229 e. The van der Waals surface area contributed by atoms with Crippen molar-refractivity contribution >= 4 is 6.08 Å². The molecule has 3 rings (SSSR count). The zero-order valence-corrected chi connectivity index (χ0v) is 20.3. The van der Waals surface area contributed by atoms with E-state index in [1.807, 2.05) is 0 Å². The van der Waals surface area contributed by atoms with Crippen molar-refractivity contribution in [3.63, 3.8) is 0 Å². The highest BCUT2D eigenvalue weighted by atomic mass is 16.7. The third kappa shape index (κ3) is 6.47. The van der Waals surface area contributed by atoms with Crippen molar-refractivity contribution in [2.45, 2.75) is 43.4 Å². The lowest BCUT2D eigenvalue weighted by molar-refractivity contribution is -0.241. The Morgan fingerprint density at radius 1 is 1.06 bits per heavy atom. The Morgan fingerprint density at radius 3 is 2.44 bits per heavy atom. The molecule has 0 aliphatic carbocycles. The number of aliphatic hydroxyl groups is 5. The number of phenolic OH excluding ortho intramolecular Hbond substituents is 1. The summed E-state index contributed by atoms with van der Waals surface area (Å²) in [6.45, 7) is -0.818. The summed E-state index contributed by atoms with van der Waals surface area (Å²) < 4.78 is 22.5. The van der Waals surface area contributed by atoms with Gasteiger partial charge in [-0.3, -0.25) is 0 Å². The second-order valence-electron chi connectivity index (χ2n) is 8.54. The van der Waals surface area contributed by atoms with Crippen LogP contribution in [0.4, 0.5) is 0 Å². The molecular formula is C26H34O10. The Labute approximate surface area is 209 Å². The highest BCUT2D eigenvalue weighted by Crippen LogP contribution is 2.41. The molecule has 5 atom stereocenters. The van der Waals surface area contributed by atoms with Crippen LogP contribution in [-0.2, 0) is 11.2 Å². The molecule has 1 unspecified atom stereocenters. The van der Waals surface area contributed by atoms with Gasteiger partial charge >= 0.3 is 0 Å². The van der Waals surface area contributed by atoms with Gasteiger partial charge in [-0.25, -0.2) is 0 Å². The minimum Gasteiger partial charge on any atom is -0.504 e. The van der Waals surface area contributed by atoms with Crippen LogP contribution in [0, 0.1) is 0 Å². The van der Waals surface area contributed by atoms with Crippen molar-refractivity contribution in [2.75, 3.05) is 34.0 Å². The molecule has 10 heteroatoms. The molecule has 0 saturated carbocycles. The summed E-state index contributed by atoms with van der Waals surface area (Å²) in [7, 11) is 2.88. The van der Waals surface area contributed by atoms with Crippen LogP contribution < -0.4 is 14.2 Å². The van der Waals surface area contributed by atoms with Gasteiger partial charge in [0.25, 0.3) is 0 Å². The van der Waals surface area contributed by atoms with Crippen molar-refractivity contribution in [2.24, 2.45) is 0 Å².